The molecule has 0 radical (unpaired) electrons. The van der Waals surface area contributed by atoms with E-state index in [1.54, 1.807) is 4.90 Å². The molecule has 0 N–H and O–H groups in total. The molecule has 162 valence electrons. The number of aromatic nitrogens is 2. The van der Waals surface area contributed by atoms with Gasteiger partial charge in [0.2, 0.25) is 0 Å². The fourth-order valence-corrected chi connectivity index (χ4v) is 3.32. The van der Waals surface area contributed by atoms with Gasteiger partial charge in [-0.25, -0.2) is 4.39 Å². The highest BCUT2D eigenvalue weighted by molar-refractivity contribution is 5.94. The van der Waals surface area contributed by atoms with Crippen LogP contribution in [-0.4, -0.2) is 52.0 Å². The number of halogens is 4. The van der Waals surface area contributed by atoms with Gasteiger partial charge in [-0.3, -0.25) is 9.69 Å². The van der Waals surface area contributed by atoms with Gasteiger partial charge in [0.15, 0.2) is 5.82 Å². The number of carbonyl (C=O) groups is 1. The van der Waals surface area contributed by atoms with Crippen molar-refractivity contribution in [2.45, 2.75) is 12.7 Å². The molecule has 2 heterocycles. The molecule has 6 nitrogen and oxygen atoms in total. The van der Waals surface area contributed by atoms with E-state index in [4.69, 9.17) is 4.52 Å². The highest BCUT2D eigenvalue weighted by Crippen LogP contribution is 2.30. The molecule has 1 fully saturated rings. The van der Waals surface area contributed by atoms with E-state index in [2.05, 4.69) is 15.0 Å². The van der Waals surface area contributed by atoms with Crippen LogP contribution in [0, 0.1) is 5.82 Å². The van der Waals surface area contributed by atoms with Crippen molar-refractivity contribution < 1.29 is 26.9 Å². The number of carbonyl (C=O) groups excluding carboxylic acids is 1. The average molecular weight is 434 g/mol. The van der Waals surface area contributed by atoms with Crippen molar-refractivity contribution in [3.63, 3.8) is 0 Å². The predicted molar refractivity (Wildman–Crippen MR) is 102 cm³/mol. The third-order valence-electron chi connectivity index (χ3n) is 5.04. The monoisotopic (exact) mass is 434 g/mol. The lowest BCUT2D eigenvalue weighted by atomic mass is 10.1. The summed E-state index contributed by atoms with van der Waals surface area (Å²) in [6.07, 6.45) is -4.40. The second-order valence-electron chi connectivity index (χ2n) is 7.17. The van der Waals surface area contributed by atoms with Gasteiger partial charge < -0.3 is 9.42 Å². The molecule has 3 aromatic rings. The summed E-state index contributed by atoms with van der Waals surface area (Å²) < 4.78 is 56.2. The Hall–Kier alpha value is -3.27. The van der Waals surface area contributed by atoms with Crippen LogP contribution in [0.3, 0.4) is 0 Å². The van der Waals surface area contributed by atoms with Crippen LogP contribution in [0.5, 0.6) is 0 Å². The molecule has 1 aromatic heterocycles. The summed E-state index contributed by atoms with van der Waals surface area (Å²) in [5.41, 5.74) is 0.0970. The molecule has 4 rings (SSSR count). The molecule has 31 heavy (non-hydrogen) atoms. The maximum atomic E-state index is 13.0. The molecule has 0 saturated carbocycles. The summed E-state index contributed by atoms with van der Waals surface area (Å²) in [5, 5.41) is 3.90. The lowest BCUT2D eigenvalue weighted by Crippen LogP contribution is -2.48. The van der Waals surface area contributed by atoms with Crippen LogP contribution < -0.4 is 0 Å². The minimum Gasteiger partial charge on any atom is -0.336 e. The van der Waals surface area contributed by atoms with Gasteiger partial charge in [0.05, 0.1) is 12.1 Å². The average Bonchev–Trinajstić information content (AvgIpc) is 3.22. The van der Waals surface area contributed by atoms with E-state index in [9.17, 15) is 22.4 Å². The standard InChI is InChI=1S/C21H18F4N4O2/c22-17-7-3-15(4-8-17)20(30)29-11-9-28(10-12-29)13-18-26-19(31-27-18)14-1-5-16(6-2-14)21(23,24)25/h1-8H,9-13H2. The molecule has 10 heteroatoms. The number of benzene rings is 2. The van der Waals surface area contributed by atoms with Gasteiger partial charge in [0, 0.05) is 37.3 Å². The van der Waals surface area contributed by atoms with Gasteiger partial charge in [-0.15, -0.1) is 0 Å². The Morgan fingerprint density at radius 1 is 0.968 bits per heavy atom. The molecule has 0 bridgehead atoms. The van der Waals surface area contributed by atoms with E-state index in [1.165, 1.54) is 36.4 Å². The lowest BCUT2D eigenvalue weighted by molar-refractivity contribution is -0.137. The number of hydrogen-bond acceptors (Lipinski definition) is 5. The second-order valence-corrected chi connectivity index (χ2v) is 7.17. The molecule has 1 amide bonds. The van der Waals surface area contributed by atoms with Crippen molar-refractivity contribution in [1.29, 1.82) is 0 Å². The molecule has 0 atom stereocenters. The first kappa shape index (κ1) is 21.0. The SMILES string of the molecule is O=C(c1ccc(F)cc1)N1CCN(Cc2noc(-c3ccc(C(F)(F)F)cc3)n2)CC1. The molecule has 1 aliphatic rings. The summed E-state index contributed by atoms with van der Waals surface area (Å²) in [6, 6.07) is 9.97. The molecule has 1 aliphatic heterocycles. The van der Waals surface area contributed by atoms with Gasteiger partial charge in [0.1, 0.15) is 5.82 Å². The Kier molecular flexibility index (Phi) is 5.73. The van der Waals surface area contributed by atoms with Crippen LogP contribution in [0.1, 0.15) is 21.7 Å². The predicted octanol–water partition coefficient (Wildman–Crippen LogP) is 3.85. The van der Waals surface area contributed by atoms with Crippen molar-refractivity contribution in [3.05, 3.63) is 71.3 Å². The Morgan fingerprint density at radius 3 is 2.23 bits per heavy atom. The fourth-order valence-electron chi connectivity index (χ4n) is 3.32. The van der Waals surface area contributed by atoms with Crippen LogP contribution in [0.2, 0.25) is 0 Å². The number of nitrogens with zero attached hydrogens (tertiary/aromatic N) is 4. The molecule has 1 saturated heterocycles. The molecule has 0 spiro atoms. The van der Waals surface area contributed by atoms with Gasteiger partial charge in [-0.2, -0.15) is 18.2 Å². The van der Waals surface area contributed by atoms with E-state index < -0.39 is 17.6 Å². The largest absolute Gasteiger partial charge is 0.416 e. The summed E-state index contributed by atoms with van der Waals surface area (Å²) in [5.74, 6) is 0.0167. The third-order valence-corrected chi connectivity index (χ3v) is 5.04. The molecule has 0 aliphatic carbocycles. The maximum absolute atomic E-state index is 13.0. The topological polar surface area (TPSA) is 62.5 Å². The van der Waals surface area contributed by atoms with E-state index in [1.807, 2.05) is 0 Å². The zero-order valence-corrected chi connectivity index (χ0v) is 16.3. The van der Waals surface area contributed by atoms with Crippen LogP contribution in [0.25, 0.3) is 11.5 Å². The normalized spacial score (nSPS) is 15.3. The highest BCUT2D eigenvalue weighted by atomic mass is 19.4. The molecular weight excluding hydrogens is 416 g/mol. The van der Waals surface area contributed by atoms with Gasteiger partial charge >= 0.3 is 6.18 Å². The first-order valence-electron chi connectivity index (χ1n) is 9.57. The second kappa shape index (κ2) is 8.46. The van der Waals surface area contributed by atoms with Gasteiger partial charge in [0.25, 0.3) is 11.8 Å². The zero-order chi connectivity index (χ0) is 22.0. The number of alkyl halides is 3. The molecule has 0 unspecified atom stereocenters. The van der Waals surface area contributed by atoms with Crippen molar-refractivity contribution in [3.8, 4) is 11.5 Å². The van der Waals surface area contributed by atoms with Crippen LogP contribution in [0.4, 0.5) is 17.6 Å². The summed E-state index contributed by atoms with van der Waals surface area (Å²) in [7, 11) is 0. The molecule has 2 aromatic carbocycles. The Balaban J connectivity index is 1.33. The fraction of sp³-hybridized carbons (Fsp3) is 0.286. The van der Waals surface area contributed by atoms with E-state index in [0.29, 0.717) is 49.7 Å². The summed E-state index contributed by atoms with van der Waals surface area (Å²) in [6.45, 7) is 2.58. The third kappa shape index (κ3) is 4.91. The Labute approximate surface area is 175 Å². The van der Waals surface area contributed by atoms with E-state index >= 15 is 0 Å². The summed E-state index contributed by atoms with van der Waals surface area (Å²) >= 11 is 0. The molecular formula is C21H18F4N4O2. The van der Waals surface area contributed by atoms with Crippen molar-refractivity contribution in [2.75, 3.05) is 26.2 Å². The minimum atomic E-state index is -4.40. The maximum Gasteiger partial charge on any atom is 0.416 e. The van der Waals surface area contributed by atoms with Gasteiger partial charge in [-0.1, -0.05) is 5.16 Å². The van der Waals surface area contributed by atoms with Crippen LogP contribution in [0.15, 0.2) is 53.1 Å². The van der Waals surface area contributed by atoms with E-state index in [0.717, 1.165) is 12.1 Å². The van der Waals surface area contributed by atoms with Crippen molar-refractivity contribution in [1.82, 2.24) is 19.9 Å². The first-order valence-corrected chi connectivity index (χ1v) is 9.57. The van der Waals surface area contributed by atoms with Crippen LogP contribution in [-0.2, 0) is 12.7 Å². The van der Waals surface area contributed by atoms with Crippen molar-refractivity contribution >= 4 is 5.91 Å². The number of amides is 1. The number of rotatable bonds is 4. The van der Waals surface area contributed by atoms with Crippen molar-refractivity contribution in [2.24, 2.45) is 0 Å². The number of piperazine rings is 1. The van der Waals surface area contributed by atoms with E-state index in [-0.39, 0.29) is 11.8 Å². The Morgan fingerprint density at radius 2 is 1.61 bits per heavy atom. The Bertz CT molecular complexity index is 1040. The first-order chi connectivity index (χ1) is 14.8. The lowest BCUT2D eigenvalue weighted by Gasteiger charge is -2.34. The number of hydrogen-bond donors (Lipinski definition) is 0. The smallest absolute Gasteiger partial charge is 0.336 e. The highest BCUT2D eigenvalue weighted by Gasteiger charge is 2.30. The van der Waals surface area contributed by atoms with Gasteiger partial charge in [-0.05, 0) is 48.5 Å². The zero-order valence-electron chi connectivity index (χ0n) is 16.3. The summed E-state index contributed by atoms with van der Waals surface area (Å²) in [4.78, 5) is 20.5. The minimum absolute atomic E-state index is 0.147. The van der Waals surface area contributed by atoms with Crippen LogP contribution >= 0.6 is 0 Å². The quantitative estimate of drug-likeness (QED) is 0.584.